The summed E-state index contributed by atoms with van der Waals surface area (Å²) in [5.41, 5.74) is 0.535. The van der Waals surface area contributed by atoms with Gasteiger partial charge in [-0.05, 0) is 34.1 Å². The number of anilines is 1. The number of rotatable bonds is 3. The highest BCUT2D eigenvalue weighted by Gasteiger charge is 2.09. The number of benzene rings is 1. The number of hydrogen-bond acceptors (Lipinski definition) is 3. The van der Waals surface area contributed by atoms with Crippen LogP contribution in [0.2, 0.25) is 0 Å². The van der Waals surface area contributed by atoms with E-state index in [0.29, 0.717) is 17.1 Å². The molecule has 0 atom stereocenters. The molecule has 0 unspecified atom stereocenters. The molecular weight excluding hydrogens is 286 g/mol. The van der Waals surface area contributed by atoms with E-state index in [-0.39, 0.29) is 5.91 Å². The Balaban J connectivity index is 2.17. The van der Waals surface area contributed by atoms with Gasteiger partial charge in [0.25, 0.3) is 5.91 Å². The van der Waals surface area contributed by atoms with Gasteiger partial charge in [-0.1, -0.05) is 0 Å². The van der Waals surface area contributed by atoms with Gasteiger partial charge in [0.1, 0.15) is 11.6 Å². The van der Waals surface area contributed by atoms with Crippen LogP contribution >= 0.6 is 15.9 Å². The molecule has 2 rings (SSSR count). The van der Waals surface area contributed by atoms with Crippen LogP contribution in [-0.2, 0) is 0 Å². The van der Waals surface area contributed by atoms with Crippen molar-refractivity contribution in [2.24, 2.45) is 0 Å². The summed E-state index contributed by atoms with van der Waals surface area (Å²) in [6.07, 6.45) is 1.57. The Hall–Kier alpha value is -1.82. The van der Waals surface area contributed by atoms with Crippen LogP contribution in [0.4, 0.5) is 5.82 Å². The van der Waals surface area contributed by atoms with Gasteiger partial charge in [-0.25, -0.2) is 0 Å². The fourth-order valence-corrected chi connectivity index (χ4v) is 1.87. The van der Waals surface area contributed by atoms with Gasteiger partial charge in [0.05, 0.1) is 17.8 Å². The van der Waals surface area contributed by atoms with Crippen molar-refractivity contribution in [3.63, 3.8) is 0 Å². The minimum atomic E-state index is -0.211. The number of nitrogens with zero attached hydrogens (tertiary/aromatic N) is 1. The van der Waals surface area contributed by atoms with E-state index in [2.05, 4.69) is 31.4 Å². The number of ether oxygens (including phenoxy) is 1. The van der Waals surface area contributed by atoms with Crippen molar-refractivity contribution in [3.05, 3.63) is 40.5 Å². The minimum Gasteiger partial charge on any atom is -0.496 e. The van der Waals surface area contributed by atoms with Crippen LogP contribution in [0, 0.1) is 0 Å². The molecule has 17 heavy (non-hydrogen) atoms. The summed E-state index contributed by atoms with van der Waals surface area (Å²) in [6, 6.07) is 6.79. The molecule has 0 radical (unpaired) electrons. The van der Waals surface area contributed by atoms with Gasteiger partial charge in [-0.15, -0.1) is 0 Å². The second kappa shape index (κ2) is 5.01. The lowest BCUT2D eigenvalue weighted by Gasteiger charge is -2.06. The first-order valence-corrected chi connectivity index (χ1v) is 5.64. The fourth-order valence-electron chi connectivity index (χ4n) is 1.33. The maximum Gasteiger partial charge on any atom is 0.256 e. The molecule has 0 aliphatic carbocycles. The zero-order chi connectivity index (χ0) is 12.3. The van der Waals surface area contributed by atoms with E-state index in [1.807, 2.05) is 0 Å². The Morgan fingerprint density at radius 1 is 1.47 bits per heavy atom. The third-order valence-corrected chi connectivity index (χ3v) is 2.78. The Kier molecular flexibility index (Phi) is 3.43. The second-order valence-corrected chi connectivity index (χ2v) is 4.13. The van der Waals surface area contributed by atoms with E-state index >= 15 is 0 Å². The average molecular weight is 296 g/mol. The summed E-state index contributed by atoms with van der Waals surface area (Å²) in [7, 11) is 1.57. The highest BCUT2D eigenvalue weighted by molar-refractivity contribution is 9.10. The van der Waals surface area contributed by atoms with E-state index < -0.39 is 0 Å². The normalized spacial score (nSPS) is 10.0. The molecule has 1 aromatic carbocycles. The average Bonchev–Trinajstić information content (AvgIpc) is 2.81. The number of carbonyl (C=O) groups is 1. The number of methoxy groups -OCH3 is 1. The molecule has 0 bridgehead atoms. The van der Waals surface area contributed by atoms with E-state index in [1.165, 1.54) is 0 Å². The predicted octanol–water partition coefficient (Wildman–Crippen LogP) is 2.43. The van der Waals surface area contributed by atoms with Crippen LogP contribution in [-0.4, -0.2) is 23.2 Å². The highest BCUT2D eigenvalue weighted by atomic mass is 79.9. The Labute approximate surface area is 106 Å². The van der Waals surface area contributed by atoms with Crippen molar-refractivity contribution in [3.8, 4) is 5.75 Å². The van der Waals surface area contributed by atoms with Crippen molar-refractivity contribution in [2.75, 3.05) is 12.4 Å². The fraction of sp³-hybridized carbons (Fsp3) is 0.0909. The minimum absolute atomic E-state index is 0.211. The van der Waals surface area contributed by atoms with Crippen molar-refractivity contribution in [2.45, 2.75) is 0 Å². The summed E-state index contributed by atoms with van der Waals surface area (Å²) in [4.78, 5) is 11.8. The van der Waals surface area contributed by atoms with Crippen LogP contribution in [0.15, 0.2) is 34.9 Å². The summed E-state index contributed by atoms with van der Waals surface area (Å²) in [5, 5.41) is 9.09. The molecule has 6 heteroatoms. The van der Waals surface area contributed by atoms with Crippen LogP contribution < -0.4 is 10.1 Å². The van der Waals surface area contributed by atoms with E-state index in [0.717, 1.165) is 4.47 Å². The summed E-state index contributed by atoms with van der Waals surface area (Å²) in [6.45, 7) is 0. The Bertz CT molecular complexity index is 526. The lowest BCUT2D eigenvalue weighted by Crippen LogP contribution is -2.12. The Morgan fingerprint density at radius 3 is 2.88 bits per heavy atom. The standard InChI is InChI=1S/C11H10BrN3O2/c1-17-9-3-2-7(6-8(9)12)11(16)14-10-4-5-13-15-10/h2-6H,1H3,(H2,13,14,15,16). The molecule has 5 nitrogen and oxygen atoms in total. The number of aromatic amines is 1. The maximum atomic E-state index is 11.8. The van der Waals surface area contributed by atoms with E-state index in [1.54, 1.807) is 37.6 Å². The molecular formula is C11H10BrN3O2. The molecule has 0 saturated heterocycles. The summed E-state index contributed by atoms with van der Waals surface area (Å²) < 4.78 is 5.82. The second-order valence-electron chi connectivity index (χ2n) is 3.27. The first kappa shape index (κ1) is 11.7. The highest BCUT2D eigenvalue weighted by Crippen LogP contribution is 2.25. The van der Waals surface area contributed by atoms with Crippen LogP contribution in [0.5, 0.6) is 5.75 Å². The largest absolute Gasteiger partial charge is 0.496 e. The topological polar surface area (TPSA) is 67.0 Å². The van der Waals surface area contributed by atoms with Crippen LogP contribution in [0.25, 0.3) is 0 Å². The lowest BCUT2D eigenvalue weighted by atomic mass is 10.2. The zero-order valence-electron chi connectivity index (χ0n) is 9.03. The molecule has 0 aliphatic rings. The SMILES string of the molecule is COc1ccc(C(=O)Nc2ccn[nH]2)cc1Br. The van der Waals surface area contributed by atoms with Crippen molar-refractivity contribution in [1.29, 1.82) is 0 Å². The number of nitrogens with one attached hydrogen (secondary N) is 2. The third-order valence-electron chi connectivity index (χ3n) is 2.16. The zero-order valence-corrected chi connectivity index (χ0v) is 10.6. The van der Waals surface area contributed by atoms with Gasteiger partial charge in [-0.2, -0.15) is 5.10 Å². The lowest BCUT2D eigenvalue weighted by molar-refractivity contribution is 0.102. The van der Waals surface area contributed by atoms with Gasteiger partial charge >= 0.3 is 0 Å². The third kappa shape index (κ3) is 2.65. The molecule has 88 valence electrons. The molecule has 1 aromatic heterocycles. The molecule has 2 N–H and O–H groups in total. The van der Waals surface area contributed by atoms with Crippen LogP contribution in [0.3, 0.4) is 0 Å². The van der Waals surface area contributed by atoms with Gasteiger partial charge < -0.3 is 10.1 Å². The molecule has 2 aromatic rings. The molecule has 1 heterocycles. The summed E-state index contributed by atoms with van der Waals surface area (Å²) in [5.74, 6) is 1.03. The predicted molar refractivity (Wildman–Crippen MR) is 67.2 cm³/mol. The molecule has 0 fully saturated rings. The quantitative estimate of drug-likeness (QED) is 0.914. The first-order valence-electron chi connectivity index (χ1n) is 4.85. The van der Waals surface area contributed by atoms with Crippen LogP contribution in [0.1, 0.15) is 10.4 Å². The van der Waals surface area contributed by atoms with Gasteiger partial charge in [-0.3, -0.25) is 9.89 Å². The number of carbonyl (C=O) groups excluding carboxylic acids is 1. The number of hydrogen-bond donors (Lipinski definition) is 2. The number of aromatic nitrogens is 2. The smallest absolute Gasteiger partial charge is 0.256 e. The van der Waals surface area contributed by atoms with Crippen molar-refractivity contribution < 1.29 is 9.53 Å². The van der Waals surface area contributed by atoms with Gasteiger partial charge in [0.15, 0.2) is 0 Å². The van der Waals surface area contributed by atoms with Gasteiger partial charge in [0.2, 0.25) is 0 Å². The molecule has 0 spiro atoms. The summed E-state index contributed by atoms with van der Waals surface area (Å²) >= 11 is 3.33. The molecule has 0 aliphatic heterocycles. The van der Waals surface area contributed by atoms with E-state index in [9.17, 15) is 4.79 Å². The Morgan fingerprint density at radius 2 is 2.29 bits per heavy atom. The first-order chi connectivity index (χ1) is 8.20. The number of H-pyrrole nitrogens is 1. The number of amides is 1. The van der Waals surface area contributed by atoms with Gasteiger partial charge in [0, 0.05) is 11.6 Å². The number of halogens is 1. The molecule has 1 amide bonds. The van der Waals surface area contributed by atoms with Crippen molar-refractivity contribution in [1.82, 2.24) is 10.2 Å². The van der Waals surface area contributed by atoms with E-state index in [4.69, 9.17) is 4.74 Å². The maximum absolute atomic E-state index is 11.8. The molecule has 0 saturated carbocycles. The van der Waals surface area contributed by atoms with Crippen molar-refractivity contribution >= 4 is 27.7 Å². The monoisotopic (exact) mass is 295 g/mol.